The molecule has 0 bridgehead atoms. The van der Waals surface area contributed by atoms with Crippen LogP contribution in [0.1, 0.15) is 19.2 Å². The molecule has 3 heterocycles. The van der Waals surface area contributed by atoms with Crippen LogP contribution in [0.4, 0.5) is 5.69 Å². The van der Waals surface area contributed by atoms with E-state index in [0.29, 0.717) is 45.0 Å². The Labute approximate surface area is 317 Å². The normalized spacial score (nSPS) is 14.3. The summed E-state index contributed by atoms with van der Waals surface area (Å²) < 4.78 is 93.1. The summed E-state index contributed by atoms with van der Waals surface area (Å²) in [7, 11) is -9.91. The van der Waals surface area contributed by atoms with E-state index in [9.17, 15) is 25.9 Å². The maximum atomic E-state index is 12.5. The van der Waals surface area contributed by atoms with E-state index in [0.717, 1.165) is 15.7 Å². The van der Waals surface area contributed by atoms with Gasteiger partial charge in [-0.15, -0.1) is 4.57 Å². The molecule has 7 rings (SSSR count). The van der Waals surface area contributed by atoms with E-state index in [1.807, 2.05) is 36.4 Å². The molecule has 0 saturated carbocycles. The molecule has 2 aromatic heterocycles. The van der Waals surface area contributed by atoms with E-state index in [1.54, 1.807) is 43.3 Å². The summed E-state index contributed by atoms with van der Waals surface area (Å²) in [4.78, 5) is 1.08. The second-order valence-electron chi connectivity index (χ2n) is 10.7. The van der Waals surface area contributed by atoms with E-state index < -0.39 is 31.1 Å². The zero-order chi connectivity index (χ0) is 33.1. The average molecular weight is 707 g/mol. The Morgan fingerprint density at radius 2 is 1.65 bits per heavy atom. The van der Waals surface area contributed by atoms with Gasteiger partial charge in [0.25, 0.3) is 5.52 Å². The SMILES string of the molecule is C=C=C=C(N1C(=CC(=Cc2oc3ccc4ccccc4c3[n+]2CS(=O)(=O)[O-])CC)Oc2cc3c(cc21)oc1ccccc13)S(=O)(=O)[O-].[K+]. The van der Waals surface area contributed by atoms with Crippen molar-refractivity contribution in [3.63, 3.8) is 0 Å². The molecule has 1 aliphatic rings. The Morgan fingerprint density at radius 3 is 2.35 bits per heavy atom. The van der Waals surface area contributed by atoms with Crippen molar-refractivity contribution in [2.75, 3.05) is 4.90 Å². The molecule has 0 N–H and O–H groups in total. The van der Waals surface area contributed by atoms with Crippen LogP contribution < -0.4 is 65.6 Å². The van der Waals surface area contributed by atoms with Crippen molar-refractivity contribution < 1.29 is 95.5 Å². The molecule has 0 amide bonds. The smallest absolute Gasteiger partial charge is 0.743 e. The van der Waals surface area contributed by atoms with Gasteiger partial charge >= 0.3 is 57.3 Å². The van der Waals surface area contributed by atoms with E-state index in [4.69, 9.17) is 13.6 Å². The number of allylic oxidation sites excluding steroid dienone is 2. The molecule has 0 unspecified atom stereocenters. The molecule has 14 heteroatoms. The number of ether oxygens (including phenoxy) is 1. The minimum atomic E-state index is -5.15. The molecule has 1 aliphatic heterocycles. The Kier molecular flexibility index (Phi) is 9.20. The molecule has 236 valence electrons. The number of para-hydroxylation sites is 1. The van der Waals surface area contributed by atoms with Crippen LogP contribution in [0.3, 0.4) is 0 Å². The van der Waals surface area contributed by atoms with Gasteiger partial charge in [0, 0.05) is 22.9 Å². The van der Waals surface area contributed by atoms with Crippen molar-refractivity contribution in [3.8, 4) is 5.75 Å². The molecule has 48 heavy (non-hydrogen) atoms. The second kappa shape index (κ2) is 12.9. The molecular formula is C34H23KN2O9S2. The third-order valence-electron chi connectivity index (χ3n) is 7.70. The number of rotatable bonds is 7. The summed E-state index contributed by atoms with van der Waals surface area (Å²) in [6.07, 6.45) is 3.32. The summed E-state index contributed by atoms with van der Waals surface area (Å²) in [6.45, 7) is 5.19. The number of hydrogen-bond acceptors (Lipinski definition) is 10. The van der Waals surface area contributed by atoms with Gasteiger partial charge in [-0.05, 0) is 54.0 Å². The molecule has 0 atom stereocenters. The molecule has 0 spiro atoms. The first kappa shape index (κ1) is 34.1. The maximum Gasteiger partial charge on any atom is 1.00 e. The molecule has 6 aromatic rings. The van der Waals surface area contributed by atoms with Crippen LogP contribution in [0.2, 0.25) is 0 Å². The zero-order valence-corrected chi connectivity index (χ0v) is 30.3. The average Bonchev–Trinajstić information content (AvgIpc) is 3.67. The van der Waals surface area contributed by atoms with E-state index in [1.165, 1.54) is 16.7 Å². The fourth-order valence-electron chi connectivity index (χ4n) is 5.71. The van der Waals surface area contributed by atoms with E-state index >= 15 is 0 Å². The van der Waals surface area contributed by atoms with Gasteiger partial charge in [0.15, 0.2) is 20.9 Å². The Morgan fingerprint density at radius 1 is 0.917 bits per heavy atom. The molecule has 0 fully saturated rings. The largest absolute Gasteiger partial charge is 1.00 e. The van der Waals surface area contributed by atoms with Gasteiger partial charge in [-0.2, -0.15) is 0 Å². The topological polar surface area (TPSA) is 157 Å². The van der Waals surface area contributed by atoms with Crippen LogP contribution in [0.15, 0.2) is 122 Å². The number of aromatic nitrogens is 1. The molecule has 4 aromatic carbocycles. The van der Waals surface area contributed by atoms with Gasteiger partial charge in [-0.25, -0.2) is 16.8 Å². The number of fused-ring (bicyclic) bond motifs is 7. The fourth-order valence-corrected chi connectivity index (χ4v) is 6.90. The number of oxazole rings is 1. The standard InChI is InChI=1S/C34H24N2O9S2.K/c1-3-9-33(47(40,41)42)36-26-19-29-25(24-12-7-8-13-27(24)43-29)18-30(26)45-32(36)17-21(4-2)16-31-35(20-46(37,38)39)34-23-11-6-5-10-22(23)14-15-28(34)44-31;/h5-8,10-19H,1,4,20H2,2H3,(H-,37,38,39,40,41,42);/q;+1/p-1. The second-order valence-corrected chi connectivity index (χ2v) is 13.3. The third-order valence-corrected chi connectivity index (χ3v) is 9.03. The van der Waals surface area contributed by atoms with Crippen LogP contribution >= 0.6 is 0 Å². The van der Waals surface area contributed by atoms with Gasteiger partial charge in [0.1, 0.15) is 21.3 Å². The third kappa shape index (κ3) is 6.25. The predicted octanol–water partition coefficient (Wildman–Crippen LogP) is 3.14. The number of benzene rings is 4. The minimum Gasteiger partial charge on any atom is -0.743 e. The minimum absolute atomic E-state index is 0. The summed E-state index contributed by atoms with van der Waals surface area (Å²) in [5.74, 6) is -0.694. The number of anilines is 1. The van der Waals surface area contributed by atoms with Gasteiger partial charge in [0.2, 0.25) is 17.3 Å². The summed E-state index contributed by atoms with van der Waals surface area (Å²) >= 11 is 0. The monoisotopic (exact) mass is 706 g/mol. The molecular weight excluding hydrogens is 684 g/mol. The van der Waals surface area contributed by atoms with Crippen molar-refractivity contribution in [1.29, 1.82) is 0 Å². The van der Waals surface area contributed by atoms with Crippen LogP contribution in [0, 0.1) is 0 Å². The van der Waals surface area contributed by atoms with Crippen molar-refractivity contribution in [1.82, 2.24) is 0 Å². The van der Waals surface area contributed by atoms with Crippen molar-refractivity contribution in [2.45, 2.75) is 19.2 Å². The summed E-state index contributed by atoms with van der Waals surface area (Å²) in [6, 6.07) is 21.4. The Bertz CT molecular complexity index is 2680. The number of furan rings is 1. The van der Waals surface area contributed by atoms with Crippen molar-refractivity contribution >= 4 is 75.8 Å². The first-order valence-corrected chi connectivity index (χ1v) is 17.2. The quantitative estimate of drug-likeness (QED) is 0.105. The maximum absolute atomic E-state index is 12.5. The van der Waals surface area contributed by atoms with Gasteiger partial charge in [0.05, 0.1) is 17.1 Å². The van der Waals surface area contributed by atoms with Crippen LogP contribution in [-0.4, -0.2) is 25.9 Å². The fraction of sp³-hybridized carbons (Fsp3) is 0.0882. The molecule has 11 nitrogen and oxygen atoms in total. The Balaban J connectivity index is 0.00000401. The van der Waals surface area contributed by atoms with Gasteiger partial charge < -0.3 is 22.7 Å². The zero-order valence-electron chi connectivity index (χ0n) is 25.6. The summed E-state index contributed by atoms with van der Waals surface area (Å²) in [5.41, 5.74) is 7.00. The first-order chi connectivity index (χ1) is 22.4. The molecule has 0 aliphatic carbocycles. The van der Waals surface area contributed by atoms with E-state index in [2.05, 4.69) is 18.0 Å². The van der Waals surface area contributed by atoms with Crippen LogP contribution in [0.5, 0.6) is 5.75 Å². The van der Waals surface area contributed by atoms with Crippen molar-refractivity contribution in [2.24, 2.45) is 0 Å². The summed E-state index contributed by atoms with van der Waals surface area (Å²) in [5, 5.41) is 2.19. The van der Waals surface area contributed by atoms with Crippen molar-refractivity contribution in [3.05, 3.63) is 119 Å². The predicted molar refractivity (Wildman–Crippen MR) is 173 cm³/mol. The Hall–Kier alpha value is -3.75. The number of hydrogen-bond donors (Lipinski definition) is 0. The first-order valence-electron chi connectivity index (χ1n) is 14.2. The molecule has 0 saturated heterocycles. The van der Waals surface area contributed by atoms with Crippen LogP contribution in [-0.2, 0) is 26.1 Å². The number of nitrogens with zero attached hydrogens (tertiary/aromatic N) is 2. The van der Waals surface area contributed by atoms with E-state index in [-0.39, 0.29) is 74.6 Å². The van der Waals surface area contributed by atoms with Gasteiger partial charge in [-0.1, -0.05) is 55.1 Å². The van der Waals surface area contributed by atoms with Crippen LogP contribution in [0.25, 0.3) is 49.9 Å². The molecule has 0 radical (unpaired) electrons. The van der Waals surface area contributed by atoms with Gasteiger partial charge in [-0.3, -0.25) is 4.90 Å².